The van der Waals surface area contributed by atoms with Gasteiger partial charge >= 0.3 is 5.97 Å². The molecule has 0 aromatic heterocycles. The molecule has 0 aliphatic carbocycles. The molecule has 4 nitrogen and oxygen atoms in total. The van der Waals surface area contributed by atoms with Gasteiger partial charge in [0.25, 0.3) is 0 Å². The zero-order chi connectivity index (χ0) is 13.8. The minimum atomic E-state index is -0.234. The number of esters is 1. The van der Waals surface area contributed by atoms with E-state index in [-0.39, 0.29) is 17.8 Å². The van der Waals surface area contributed by atoms with Crippen LogP contribution in [0.2, 0.25) is 0 Å². The molecular weight excluding hydrogens is 230 g/mol. The van der Waals surface area contributed by atoms with Crippen molar-refractivity contribution < 1.29 is 14.3 Å². The van der Waals surface area contributed by atoms with E-state index in [1.807, 2.05) is 0 Å². The molecule has 0 heterocycles. The highest BCUT2D eigenvalue weighted by Gasteiger charge is 2.13. The van der Waals surface area contributed by atoms with Crippen LogP contribution in [0.1, 0.15) is 58.8 Å². The van der Waals surface area contributed by atoms with E-state index in [0.717, 1.165) is 12.8 Å². The summed E-state index contributed by atoms with van der Waals surface area (Å²) in [4.78, 5) is 22.5. The molecule has 1 N–H and O–H groups in total. The van der Waals surface area contributed by atoms with Crippen molar-refractivity contribution in [2.75, 3.05) is 13.7 Å². The SMILES string of the molecule is CCCCCCCOC(=O)CC[C@H](NC)C(C)=O. The molecule has 0 saturated carbocycles. The topological polar surface area (TPSA) is 55.4 Å². The molecule has 18 heavy (non-hydrogen) atoms. The van der Waals surface area contributed by atoms with Gasteiger partial charge in [0.1, 0.15) is 5.78 Å². The van der Waals surface area contributed by atoms with Gasteiger partial charge in [-0.1, -0.05) is 32.6 Å². The van der Waals surface area contributed by atoms with E-state index >= 15 is 0 Å². The predicted molar refractivity (Wildman–Crippen MR) is 72.5 cm³/mol. The lowest BCUT2D eigenvalue weighted by molar-refractivity contribution is -0.144. The summed E-state index contributed by atoms with van der Waals surface area (Å²) in [7, 11) is 1.73. The Morgan fingerprint density at radius 3 is 2.39 bits per heavy atom. The molecule has 106 valence electrons. The number of hydrogen-bond acceptors (Lipinski definition) is 4. The number of carbonyl (C=O) groups excluding carboxylic acids is 2. The van der Waals surface area contributed by atoms with Crippen LogP contribution in [0.15, 0.2) is 0 Å². The maximum Gasteiger partial charge on any atom is 0.305 e. The summed E-state index contributed by atoms with van der Waals surface area (Å²) < 4.78 is 5.12. The Hall–Kier alpha value is -0.900. The van der Waals surface area contributed by atoms with Crippen molar-refractivity contribution >= 4 is 11.8 Å². The standard InChI is InChI=1S/C14H27NO3/c1-4-5-6-7-8-11-18-14(17)10-9-13(15-3)12(2)16/h13,15H,4-11H2,1-3H3/t13-/m0/s1. The Labute approximate surface area is 110 Å². The molecule has 0 aliphatic heterocycles. The van der Waals surface area contributed by atoms with Gasteiger partial charge in [0.05, 0.1) is 12.6 Å². The smallest absolute Gasteiger partial charge is 0.305 e. The van der Waals surface area contributed by atoms with Crippen molar-refractivity contribution in [2.45, 2.75) is 64.8 Å². The predicted octanol–water partition coefficient (Wildman–Crippen LogP) is 2.46. The lowest BCUT2D eigenvalue weighted by Gasteiger charge is -2.11. The van der Waals surface area contributed by atoms with Crippen molar-refractivity contribution in [3.8, 4) is 0 Å². The van der Waals surface area contributed by atoms with Crippen LogP contribution in [0.5, 0.6) is 0 Å². The first kappa shape index (κ1) is 17.1. The lowest BCUT2D eigenvalue weighted by Crippen LogP contribution is -2.32. The number of unbranched alkanes of at least 4 members (excludes halogenated alkanes) is 4. The quantitative estimate of drug-likeness (QED) is 0.456. The summed E-state index contributed by atoms with van der Waals surface area (Å²) in [5.41, 5.74) is 0. The minimum Gasteiger partial charge on any atom is -0.466 e. The van der Waals surface area contributed by atoms with Gasteiger partial charge in [-0.25, -0.2) is 0 Å². The molecule has 0 aromatic carbocycles. The van der Waals surface area contributed by atoms with E-state index in [0.29, 0.717) is 19.4 Å². The largest absolute Gasteiger partial charge is 0.466 e. The number of likely N-dealkylation sites (N-methyl/N-ethyl adjacent to an activating group) is 1. The Morgan fingerprint density at radius 2 is 1.83 bits per heavy atom. The third kappa shape index (κ3) is 9.16. The molecule has 0 saturated heterocycles. The number of hydrogen-bond donors (Lipinski definition) is 1. The van der Waals surface area contributed by atoms with Crippen molar-refractivity contribution in [3.05, 3.63) is 0 Å². The third-order valence-electron chi connectivity index (χ3n) is 2.99. The van der Waals surface area contributed by atoms with Gasteiger partial charge in [0, 0.05) is 6.42 Å². The molecule has 0 radical (unpaired) electrons. The average Bonchev–Trinajstić information content (AvgIpc) is 2.34. The molecule has 0 spiro atoms. The van der Waals surface area contributed by atoms with E-state index < -0.39 is 0 Å². The van der Waals surface area contributed by atoms with Gasteiger partial charge in [-0.05, 0) is 26.8 Å². The summed E-state index contributed by atoms with van der Waals surface area (Å²) >= 11 is 0. The maximum absolute atomic E-state index is 11.4. The fourth-order valence-corrected chi connectivity index (χ4v) is 1.78. The summed E-state index contributed by atoms with van der Waals surface area (Å²) in [6.45, 7) is 4.21. The van der Waals surface area contributed by atoms with Gasteiger partial charge in [-0.3, -0.25) is 9.59 Å². The summed E-state index contributed by atoms with van der Waals surface area (Å²) in [6.07, 6.45) is 6.55. The highest BCUT2D eigenvalue weighted by molar-refractivity contribution is 5.82. The zero-order valence-corrected chi connectivity index (χ0v) is 12.0. The van der Waals surface area contributed by atoms with Crippen LogP contribution in [0.4, 0.5) is 0 Å². The van der Waals surface area contributed by atoms with Crippen molar-refractivity contribution in [2.24, 2.45) is 0 Å². The average molecular weight is 257 g/mol. The first-order valence-corrected chi connectivity index (χ1v) is 6.95. The molecule has 0 fully saturated rings. The summed E-state index contributed by atoms with van der Waals surface area (Å²) in [5.74, 6) is -0.142. The second-order valence-electron chi connectivity index (χ2n) is 4.63. The zero-order valence-electron chi connectivity index (χ0n) is 12.0. The number of nitrogens with one attached hydrogen (secondary N) is 1. The van der Waals surface area contributed by atoms with Crippen molar-refractivity contribution in [1.29, 1.82) is 0 Å². The first-order chi connectivity index (χ1) is 8.61. The van der Waals surface area contributed by atoms with Crippen LogP contribution in [0, 0.1) is 0 Å². The number of ketones is 1. The Bertz CT molecular complexity index is 241. The second kappa shape index (κ2) is 11.2. The monoisotopic (exact) mass is 257 g/mol. The Morgan fingerprint density at radius 1 is 1.17 bits per heavy atom. The molecule has 1 atom stereocenters. The van der Waals surface area contributed by atoms with E-state index in [9.17, 15) is 9.59 Å². The van der Waals surface area contributed by atoms with Crippen LogP contribution in [-0.4, -0.2) is 31.4 Å². The van der Waals surface area contributed by atoms with E-state index in [1.165, 1.54) is 26.2 Å². The van der Waals surface area contributed by atoms with Crippen LogP contribution >= 0.6 is 0 Å². The minimum absolute atomic E-state index is 0.0601. The highest BCUT2D eigenvalue weighted by Crippen LogP contribution is 2.04. The fourth-order valence-electron chi connectivity index (χ4n) is 1.78. The van der Waals surface area contributed by atoms with Gasteiger partial charge in [0.15, 0.2) is 0 Å². The molecule has 0 rings (SSSR count). The van der Waals surface area contributed by atoms with E-state index in [4.69, 9.17) is 4.74 Å². The number of carbonyl (C=O) groups is 2. The Kier molecular flexibility index (Phi) is 10.6. The number of rotatable bonds is 11. The molecule has 0 aromatic rings. The second-order valence-corrected chi connectivity index (χ2v) is 4.63. The van der Waals surface area contributed by atoms with Crippen LogP contribution in [0.25, 0.3) is 0 Å². The highest BCUT2D eigenvalue weighted by atomic mass is 16.5. The van der Waals surface area contributed by atoms with Crippen LogP contribution in [-0.2, 0) is 14.3 Å². The Balaban J connectivity index is 3.50. The summed E-state index contributed by atoms with van der Waals surface area (Å²) in [5, 5.41) is 2.89. The molecule has 0 aliphatic rings. The fraction of sp³-hybridized carbons (Fsp3) is 0.857. The van der Waals surface area contributed by atoms with Gasteiger partial charge in [-0.2, -0.15) is 0 Å². The molecule has 0 unspecified atom stereocenters. The lowest BCUT2D eigenvalue weighted by atomic mass is 10.1. The van der Waals surface area contributed by atoms with Crippen LogP contribution in [0.3, 0.4) is 0 Å². The van der Waals surface area contributed by atoms with Crippen LogP contribution < -0.4 is 5.32 Å². The molecule has 0 bridgehead atoms. The number of ether oxygens (including phenoxy) is 1. The summed E-state index contributed by atoms with van der Waals surface area (Å²) in [6, 6.07) is -0.234. The van der Waals surface area contributed by atoms with Gasteiger partial charge in [0.2, 0.25) is 0 Å². The van der Waals surface area contributed by atoms with E-state index in [1.54, 1.807) is 7.05 Å². The van der Waals surface area contributed by atoms with E-state index in [2.05, 4.69) is 12.2 Å². The van der Waals surface area contributed by atoms with Crippen molar-refractivity contribution in [3.63, 3.8) is 0 Å². The maximum atomic E-state index is 11.4. The third-order valence-corrected chi connectivity index (χ3v) is 2.99. The van der Waals surface area contributed by atoms with Gasteiger partial charge in [-0.15, -0.1) is 0 Å². The van der Waals surface area contributed by atoms with Gasteiger partial charge < -0.3 is 10.1 Å². The molecule has 4 heteroatoms. The number of Topliss-reactive ketones (excluding diaryl/α,β-unsaturated/α-hetero) is 1. The first-order valence-electron chi connectivity index (χ1n) is 6.95. The molecular formula is C14H27NO3. The van der Waals surface area contributed by atoms with Crippen molar-refractivity contribution in [1.82, 2.24) is 5.32 Å². The molecule has 0 amide bonds. The normalized spacial score (nSPS) is 12.2.